The smallest absolute Gasteiger partial charge is 0.227 e. The Bertz CT molecular complexity index is 313. The molecule has 0 aromatic rings. The van der Waals surface area contributed by atoms with Crippen molar-refractivity contribution in [2.75, 3.05) is 13.2 Å². The highest BCUT2D eigenvalue weighted by Crippen LogP contribution is 2.25. The molecule has 2 rings (SSSR count). The molecule has 1 amide bonds. The number of hydrogen-bond acceptors (Lipinski definition) is 4. The van der Waals surface area contributed by atoms with Crippen LogP contribution in [0.2, 0.25) is 0 Å². The molecule has 0 bridgehead atoms. The van der Waals surface area contributed by atoms with Crippen molar-refractivity contribution in [3.05, 3.63) is 0 Å². The van der Waals surface area contributed by atoms with E-state index in [0.29, 0.717) is 13.2 Å². The Morgan fingerprint density at radius 2 is 2.25 bits per heavy atom. The second-order valence-corrected chi connectivity index (χ2v) is 4.59. The second-order valence-electron chi connectivity index (χ2n) is 4.59. The summed E-state index contributed by atoms with van der Waals surface area (Å²) in [5.74, 6) is -0.348. The lowest BCUT2D eigenvalue weighted by Gasteiger charge is -2.19. The lowest BCUT2D eigenvalue weighted by atomic mass is 10.0. The molecule has 5 heteroatoms. The van der Waals surface area contributed by atoms with Crippen LogP contribution in [-0.2, 0) is 9.53 Å². The average molecular weight is 223 g/mol. The summed E-state index contributed by atoms with van der Waals surface area (Å²) in [5.41, 5.74) is 5.77. The van der Waals surface area contributed by atoms with Gasteiger partial charge in [0, 0.05) is 12.1 Å². The predicted octanol–water partition coefficient (Wildman–Crippen LogP) is -0.231. The van der Waals surface area contributed by atoms with Crippen LogP contribution in [0, 0.1) is 23.2 Å². The summed E-state index contributed by atoms with van der Waals surface area (Å²) in [7, 11) is 0. The van der Waals surface area contributed by atoms with Gasteiger partial charge in [-0.3, -0.25) is 4.79 Å². The Hall–Kier alpha value is -1.12. The van der Waals surface area contributed by atoms with Crippen molar-refractivity contribution in [1.29, 1.82) is 5.26 Å². The van der Waals surface area contributed by atoms with Crippen molar-refractivity contribution < 1.29 is 9.53 Å². The molecule has 2 fully saturated rings. The standard InChI is InChI=1S/C11H17N3O2/c12-4-7-2-1-3-10(7)14-11(15)8-5-16-6-9(8)13/h7-10H,1-3,5-6,13H2,(H,14,15). The highest BCUT2D eigenvalue weighted by Gasteiger charge is 2.35. The molecule has 0 spiro atoms. The third-order valence-electron chi connectivity index (χ3n) is 3.47. The maximum Gasteiger partial charge on any atom is 0.227 e. The van der Waals surface area contributed by atoms with Crippen LogP contribution >= 0.6 is 0 Å². The van der Waals surface area contributed by atoms with E-state index in [1.54, 1.807) is 0 Å². The molecule has 2 aliphatic rings. The number of nitrogens with zero attached hydrogens (tertiary/aromatic N) is 1. The zero-order chi connectivity index (χ0) is 11.5. The van der Waals surface area contributed by atoms with E-state index >= 15 is 0 Å². The first-order valence-electron chi connectivity index (χ1n) is 5.75. The fourth-order valence-electron chi connectivity index (χ4n) is 2.42. The van der Waals surface area contributed by atoms with E-state index in [2.05, 4.69) is 11.4 Å². The minimum atomic E-state index is -0.250. The van der Waals surface area contributed by atoms with Gasteiger partial charge in [-0.15, -0.1) is 0 Å². The SMILES string of the molecule is N#CC1CCCC1NC(=O)C1COCC1N. The van der Waals surface area contributed by atoms with Crippen LogP contribution in [0.25, 0.3) is 0 Å². The Morgan fingerprint density at radius 1 is 1.44 bits per heavy atom. The summed E-state index contributed by atoms with van der Waals surface area (Å²) in [6.45, 7) is 0.849. The van der Waals surface area contributed by atoms with Gasteiger partial charge in [-0.1, -0.05) is 0 Å². The summed E-state index contributed by atoms with van der Waals surface area (Å²) in [6, 6.07) is 2.04. The summed E-state index contributed by atoms with van der Waals surface area (Å²) in [4.78, 5) is 11.9. The van der Waals surface area contributed by atoms with Crippen molar-refractivity contribution in [2.45, 2.75) is 31.3 Å². The fraction of sp³-hybridized carbons (Fsp3) is 0.818. The van der Waals surface area contributed by atoms with Crippen LogP contribution in [0.1, 0.15) is 19.3 Å². The van der Waals surface area contributed by atoms with E-state index in [1.807, 2.05) is 0 Å². The van der Waals surface area contributed by atoms with Crippen LogP contribution < -0.4 is 11.1 Å². The van der Waals surface area contributed by atoms with Crippen molar-refractivity contribution in [2.24, 2.45) is 17.6 Å². The van der Waals surface area contributed by atoms with Crippen molar-refractivity contribution >= 4 is 5.91 Å². The molecule has 1 heterocycles. The predicted molar refractivity (Wildman–Crippen MR) is 57.2 cm³/mol. The maximum atomic E-state index is 11.9. The molecule has 1 aliphatic heterocycles. The van der Waals surface area contributed by atoms with Gasteiger partial charge < -0.3 is 15.8 Å². The van der Waals surface area contributed by atoms with Gasteiger partial charge in [0.25, 0.3) is 0 Å². The summed E-state index contributed by atoms with van der Waals surface area (Å²) in [6.07, 6.45) is 2.79. The summed E-state index contributed by atoms with van der Waals surface area (Å²) >= 11 is 0. The van der Waals surface area contributed by atoms with E-state index in [4.69, 9.17) is 15.7 Å². The molecular formula is C11H17N3O2. The normalized spacial score (nSPS) is 38.2. The zero-order valence-corrected chi connectivity index (χ0v) is 9.19. The first kappa shape index (κ1) is 11.4. The number of rotatable bonds is 2. The van der Waals surface area contributed by atoms with Gasteiger partial charge in [0.2, 0.25) is 5.91 Å². The topological polar surface area (TPSA) is 88.1 Å². The first-order chi connectivity index (χ1) is 7.72. The lowest BCUT2D eigenvalue weighted by Crippen LogP contribution is -2.45. The first-order valence-corrected chi connectivity index (χ1v) is 5.75. The molecule has 5 nitrogen and oxygen atoms in total. The number of nitriles is 1. The molecule has 0 aromatic heterocycles. The summed E-state index contributed by atoms with van der Waals surface area (Å²) < 4.78 is 5.16. The van der Waals surface area contributed by atoms with Crippen LogP contribution in [0.5, 0.6) is 0 Å². The number of nitrogens with two attached hydrogens (primary N) is 1. The van der Waals surface area contributed by atoms with Gasteiger partial charge in [0.05, 0.1) is 31.1 Å². The average Bonchev–Trinajstić information content (AvgIpc) is 2.86. The van der Waals surface area contributed by atoms with Gasteiger partial charge in [0.15, 0.2) is 0 Å². The third-order valence-corrected chi connectivity index (χ3v) is 3.47. The minimum absolute atomic E-state index is 0.00491. The van der Waals surface area contributed by atoms with E-state index in [1.165, 1.54) is 0 Å². The number of nitrogens with one attached hydrogen (secondary N) is 1. The number of carbonyl (C=O) groups is 1. The molecule has 1 saturated heterocycles. The van der Waals surface area contributed by atoms with Gasteiger partial charge in [0.1, 0.15) is 0 Å². The molecule has 0 aromatic carbocycles. The zero-order valence-electron chi connectivity index (χ0n) is 9.19. The van der Waals surface area contributed by atoms with Crippen molar-refractivity contribution in [1.82, 2.24) is 5.32 Å². The quantitative estimate of drug-likeness (QED) is 0.676. The highest BCUT2D eigenvalue weighted by atomic mass is 16.5. The van der Waals surface area contributed by atoms with Crippen molar-refractivity contribution in [3.63, 3.8) is 0 Å². The fourth-order valence-corrected chi connectivity index (χ4v) is 2.42. The van der Waals surface area contributed by atoms with E-state index < -0.39 is 0 Å². The molecule has 3 N–H and O–H groups in total. The Kier molecular flexibility index (Phi) is 3.42. The molecule has 0 radical (unpaired) electrons. The molecule has 1 aliphatic carbocycles. The highest BCUT2D eigenvalue weighted by molar-refractivity contribution is 5.80. The van der Waals surface area contributed by atoms with Crippen molar-refractivity contribution in [3.8, 4) is 6.07 Å². The summed E-state index contributed by atoms with van der Waals surface area (Å²) in [5, 5.41) is 11.8. The van der Waals surface area contributed by atoms with E-state index in [-0.39, 0.29) is 29.8 Å². The number of ether oxygens (including phenoxy) is 1. The second kappa shape index (κ2) is 4.81. The Morgan fingerprint density at radius 3 is 2.88 bits per heavy atom. The number of hydrogen-bond donors (Lipinski definition) is 2. The number of amides is 1. The molecule has 16 heavy (non-hydrogen) atoms. The van der Waals surface area contributed by atoms with E-state index in [0.717, 1.165) is 19.3 Å². The molecule has 4 atom stereocenters. The van der Waals surface area contributed by atoms with Crippen LogP contribution in [0.3, 0.4) is 0 Å². The van der Waals surface area contributed by atoms with Crippen LogP contribution in [0.4, 0.5) is 0 Å². The molecule has 4 unspecified atom stereocenters. The lowest BCUT2D eigenvalue weighted by molar-refractivity contribution is -0.126. The van der Waals surface area contributed by atoms with Crippen LogP contribution in [-0.4, -0.2) is 31.2 Å². The largest absolute Gasteiger partial charge is 0.379 e. The molecule has 88 valence electrons. The van der Waals surface area contributed by atoms with Gasteiger partial charge in [-0.2, -0.15) is 5.26 Å². The van der Waals surface area contributed by atoms with Crippen LogP contribution in [0.15, 0.2) is 0 Å². The molecular weight excluding hydrogens is 206 g/mol. The Balaban J connectivity index is 1.89. The monoisotopic (exact) mass is 223 g/mol. The third kappa shape index (κ3) is 2.18. The van der Waals surface area contributed by atoms with Gasteiger partial charge in [-0.25, -0.2) is 0 Å². The van der Waals surface area contributed by atoms with Gasteiger partial charge >= 0.3 is 0 Å². The molecule has 1 saturated carbocycles. The minimum Gasteiger partial charge on any atom is -0.379 e. The number of carbonyl (C=O) groups excluding carboxylic acids is 1. The van der Waals surface area contributed by atoms with E-state index in [9.17, 15) is 4.79 Å². The van der Waals surface area contributed by atoms with Gasteiger partial charge in [-0.05, 0) is 19.3 Å². The Labute approximate surface area is 94.9 Å². The maximum absolute atomic E-state index is 11.9.